The first-order valence-electron chi connectivity index (χ1n) is 19.7. The van der Waals surface area contributed by atoms with Crippen LogP contribution in [0, 0.1) is 0 Å². The van der Waals surface area contributed by atoms with Crippen molar-refractivity contribution in [2.75, 3.05) is 64.7 Å². The summed E-state index contributed by atoms with van der Waals surface area (Å²) < 4.78 is 126. The molecule has 6 heterocycles. The molecule has 4 aromatic rings. The Hall–Kier alpha value is -4.29. The predicted octanol–water partition coefficient (Wildman–Crippen LogP) is 5.14. The number of aromatic nitrogens is 8. The average Bonchev–Trinajstić information content (AvgIpc) is 3.91. The fourth-order valence-corrected chi connectivity index (χ4v) is 9.34. The maximum absolute atomic E-state index is 13.5. The first-order chi connectivity index (χ1) is 28.9. The Bertz CT molecular complexity index is 2280. The number of anilines is 3. The minimum atomic E-state index is -3.06. The lowest BCUT2D eigenvalue weighted by Crippen LogP contribution is -2.41. The van der Waals surface area contributed by atoms with E-state index in [-0.39, 0.29) is 77.7 Å². The fourth-order valence-electron chi connectivity index (χ4n) is 6.84. The molecule has 61 heavy (non-hydrogen) atoms. The van der Waals surface area contributed by atoms with Crippen LogP contribution in [0.25, 0.3) is 11.9 Å². The van der Waals surface area contributed by atoms with Crippen molar-refractivity contribution in [2.24, 2.45) is 0 Å². The lowest BCUT2D eigenvalue weighted by molar-refractivity contribution is -0.0366. The molecule has 0 bridgehead atoms. The van der Waals surface area contributed by atoms with Crippen LogP contribution in [0.4, 0.5) is 43.8 Å². The van der Waals surface area contributed by atoms with Crippen LogP contribution in [0.3, 0.4) is 0 Å². The summed E-state index contributed by atoms with van der Waals surface area (Å²) in [5.74, 6) is -2.74. The van der Waals surface area contributed by atoms with E-state index in [1.165, 1.54) is 33.8 Å². The van der Waals surface area contributed by atoms with Crippen molar-refractivity contribution in [1.82, 2.24) is 44.8 Å². The molecule has 2 aliphatic heterocycles. The Kier molecular flexibility index (Phi) is 15.0. The van der Waals surface area contributed by atoms with Gasteiger partial charge in [0, 0.05) is 88.5 Å². The fraction of sp³-hybridized carbons (Fsp3) is 0.611. The van der Waals surface area contributed by atoms with E-state index in [0.29, 0.717) is 80.8 Å². The highest BCUT2D eigenvalue weighted by Gasteiger charge is 2.36. The van der Waals surface area contributed by atoms with E-state index in [0.717, 1.165) is 0 Å². The standard InChI is InChI=1S/C18H23F3N6O2S.C14H15ClF3N5.C4H9NO2S/c19-12-14-3-6-27(25-14)17-23-15(22-13-1-4-18(20,21)5-2-13)11-16(24-17)26-7-9-30(28,29)10-8-26;15-11-7-12(19-9-1-4-14(17,18)5-2-9)21-13(20-11)23-6-3-10(8-16)22-23;6-8(7)3-1-5-2-4-8/h3,6,11,13H,1-2,4-5,7-10,12H2,(H,22,23,24);3,6-7,9H,1-2,4-5,8H2,(H,19,20,21);5H,1-4H2. The molecule has 4 fully saturated rings. The molecule has 4 aliphatic rings. The highest BCUT2D eigenvalue weighted by Crippen LogP contribution is 2.35. The lowest BCUT2D eigenvalue weighted by Gasteiger charge is -2.30. The molecule has 2 saturated heterocycles. The Morgan fingerprint density at radius 3 is 1.54 bits per heavy atom. The summed E-state index contributed by atoms with van der Waals surface area (Å²) in [7, 11) is -5.71. The van der Waals surface area contributed by atoms with Crippen molar-refractivity contribution in [1.29, 1.82) is 0 Å². The van der Waals surface area contributed by atoms with Crippen molar-refractivity contribution < 1.29 is 43.2 Å². The Balaban J connectivity index is 0.000000177. The summed E-state index contributed by atoms with van der Waals surface area (Å²) in [5, 5.41) is 17.5. The van der Waals surface area contributed by atoms with E-state index in [1.807, 2.05) is 4.90 Å². The van der Waals surface area contributed by atoms with Gasteiger partial charge in [0.25, 0.3) is 11.9 Å². The third kappa shape index (κ3) is 13.9. The zero-order chi connectivity index (χ0) is 43.8. The molecular formula is C36H47ClF6N12O4S2. The molecule has 3 N–H and O–H groups in total. The van der Waals surface area contributed by atoms with Gasteiger partial charge in [-0.3, -0.25) is 0 Å². The topological polar surface area (TPSA) is 195 Å². The smallest absolute Gasteiger partial charge is 0.254 e. The number of nitrogens with zero attached hydrogens (tertiary/aromatic N) is 9. The molecule has 0 aromatic carbocycles. The quantitative estimate of drug-likeness (QED) is 0.148. The molecule has 0 radical (unpaired) electrons. The summed E-state index contributed by atoms with van der Waals surface area (Å²) in [5.41, 5.74) is 0.495. The van der Waals surface area contributed by atoms with E-state index in [2.05, 4.69) is 46.1 Å². The third-order valence-electron chi connectivity index (χ3n) is 10.3. The summed E-state index contributed by atoms with van der Waals surface area (Å²) in [6.45, 7) is 0.434. The van der Waals surface area contributed by atoms with Crippen LogP contribution in [-0.4, -0.2) is 129 Å². The first kappa shape index (κ1) is 46.2. The second-order valence-corrected chi connectivity index (χ2v) is 20.1. The van der Waals surface area contributed by atoms with Crippen molar-refractivity contribution in [3.05, 3.63) is 53.2 Å². The average molecular weight is 925 g/mol. The second kappa shape index (κ2) is 19.8. The van der Waals surface area contributed by atoms with Gasteiger partial charge in [-0.25, -0.2) is 52.5 Å². The lowest BCUT2D eigenvalue weighted by atomic mass is 9.92. The van der Waals surface area contributed by atoms with E-state index in [4.69, 9.17) is 11.6 Å². The van der Waals surface area contributed by atoms with Crippen molar-refractivity contribution in [3.63, 3.8) is 0 Å². The van der Waals surface area contributed by atoms with Gasteiger partial charge in [-0.2, -0.15) is 30.1 Å². The maximum atomic E-state index is 13.5. The summed E-state index contributed by atoms with van der Waals surface area (Å²) >= 11 is 5.98. The molecule has 16 nitrogen and oxygen atoms in total. The van der Waals surface area contributed by atoms with E-state index >= 15 is 0 Å². The summed E-state index contributed by atoms with van der Waals surface area (Å²) in [6.07, 6.45) is 3.77. The molecule has 336 valence electrons. The SMILES string of the molecule is FCc1ccn(-c2nc(Cl)cc(NC3CCC(F)(F)CC3)n2)n1.O=S1(=O)CCN(c2cc(NC3CCC(F)(F)CC3)nc(-n3ccc(CF)n3)n2)CC1.O=S1(=O)CCNCC1. The van der Waals surface area contributed by atoms with Crippen molar-refractivity contribution in [2.45, 2.75) is 88.6 Å². The molecule has 4 aromatic heterocycles. The van der Waals surface area contributed by atoms with E-state index in [9.17, 15) is 43.2 Å². The van der Waals surface area contributed by atoms with Gasteiger partial charge >= 0.3 is 0 Å². The van der Waals surface area contributed by atoms with Gasteiger partial charge in [0.15, 0.2) is 19.7 Å². The second-order valence-electron chi connectivity index (χ2n) is 15.1. The highest BCUT2D eigenvalue weighted by atomic mass is 35.5. The van der Waals surface area contributed by atoms with Crippen LogP contribution in [0.5, 0.6) is 0 Å². The van der Waals surface area contributed by atoms with Crippen LogP contribution in [0.1, 0.15) is 62.8 Å². The van der Waals surface area contributed by atoms with Gasteiger partial charge < -0.3 is 20.9 Å². The molecule has 0 spiro atoms. The van der Waals surface area contributed by atoms with Crippen LogP contribution in [0.15, 0.2) is 36.7 Å². The highest BCUT2D eigenvalue weighted by molar-refractivity contribution is 7.91. The van der Waals surface area contributed by atoms with E-state index in [1.54, 1.807) is 12.3 Å². The molecule has 25 heteroatoms. The molecule has 2 aliphatic carbocycles. The molecule has 0 amide bonds. The zero-order valence-corrected chi connectivity index (χ0v) is 35.4. The number of rotatable bonds is 9. The van der Waals surface area contributed by atoms with Gasteiger partial charge in [0.2, 0.25) is 11.8 Å². The van der Waals surface area contributed by atoms with Gasteiger partial charge in [0.1, 0.15) is 36.0 Å². The molecule has 0 atom stereocenters. The van der Waals surface area contributed by atoms with Crippen LogP contribution >= 0.6 is 11.6 Å². The number of alkyl halides is 6. The van der Waals surface area contributed by atoms with Gasteiger partial charge in [0.05, 0.1) is 34.4 Å². The van der Waals surface area contributed by atoms with Crippen LogP contribution in [-0.2, 0) is 33.0 Å². The number of hydrogen-bond donors (Lipinski definition) is 3. The summed E-state index contributed by atoms with van der Waals surface area (Å²) in [4.78, 5) is 19.1. The number of nitrogens with one attached hydrogen (secondary N) is 3. The monoisotopic (exact) mass is 924 g/mol. The Morgan fingerprint density at radius 2 is 1.11 bits per heavy atom. The number of sulfone groups is 2. The number of hydrogen-bond acceptors (Lipinski definition) is 14. The van der Waals surface area contributed by atoms with Gasteiger partial charge in [-0.05, 0) is 37.8 Å². The molecule has 2 saturated carbocycles. The normalized spacial score (nSPS) is 21.0. The number of halogens is 7. The first-order valence-corrected chi connectivity index (χ1v) is 23.7. The maximum Gasteiger partial charge on any atom is 0.254 e. The summed E-state index contributed by atoms with van der Waals surface area (Å²) in [6, 6.07) is 6.00. The Labute approximate surface area is 354 Å². The minimum Gasteiger partial charge on any atom is -0.367 e. The van der Waals surface area contributed by atoms with E-state index < -0.39 is 44.9 Å². The third-order valence-corrected chi connectivity index (χ3v) is 13.8. The Morgan fingerprint density at radius 1 is 0.672 bits per heavy atom. The van der Waals surface area contributed by atoms with Crippen LogP contribution in [0.2, 0.25) is 5.15 Å². The van der Waals surface area contributed by atoms with Crippen molar-refractivity contribution in [3.8, 4) is 11.9 Å². The van der Waals surface area contributed by atoms with Gasteiger partial charge in [-0.15, -0.1) is 0 Å². The van der Waals surface area contributed by atoms with Crippen LogP contribution < -0.4 is 20.9 Å². The molecule has 8 rings (SSSR count). The molecule has 0 unspecified atom stereocenters. The van der Waals surface area contributed by atoms with Crippen molar-refractivity contribution >= 4 is 48.7 Å². The van der Waals surface area contributed by atoms with Gasteiger partial charge in [-0.1, -0.05) is 11.6 Å². The largest absolute Gasteiger partial charge is 0.367 e. The zero-order valence-electron chi connectivity index (χ0n) is 33.0. The molecular weight excluding hydrogens is 878 g/mol. The minimum absolute atomic E-state index is 0.0283. The predicted molar refractivity (Wildman–Crippen MR) is 217 cm³/mol.